The second kappa shape index (κ2) is 11.2. The van der Waals surface area contributed by atoms with Crippen LogP contribution in [0, 0.1) is 5.92 Å². The number of Topliss-reactive ketones (excluding diaryl/α,β-unsaturated/α-hetero) is 1. The highest BCUT2D eigenvalue weighted by atomic mass is 16.1. The number of hydrogen-bond acceptors (Lipinski definition) is 1. The van der Waals surface area contributed by atoms with Crippen molar-refractivity contribution >= 4 is 5.78 Å². The molecule has 0 rings (SSSR count). The van der Waals surface area contributed by atoms with Crippen LogP contribution in [0.4, 0.5) is 0 Å². The summed E-state index contributed by atoms with van der Waals surface area (Å²) in [4.78, 5) is 11.2. The summed E-state index contributed by atoms with van der Waals surface area (Å²) in [5.74, 6) is 0.713. The Labute approximate surface area is 102 Å². The Bertz CT molecular complexity index is 163. The lowest BCUT2D eigenvalue weighted by atomic mass is 9.94. The van der Waals surface area contributed by atoms with Gasteiger partial charge >= 0.3 is 0 Å². The zero-order valence-corrected chi connectivity index (χ0v) is 11.6. The Hall–Kier alpha value is -0.330. The molecule has 0 bridgehead atoms. The Kier molecular flexibility index (Phi) is 10.9. The van der Waals surface area contributed by atoms with Crippen LogP contribution in [0.15, 0.2) is 0 Å². The topological polar surface area (TPSA) is 17.1 Å². The third-order valence-corrected chi connectivity index (χ3v) is 3.47. The summed E-state index contributed by atoms with van der Waals surface area (Å²) in [6.07, 6.45) is 13.0. The molecule has 0 spiro atoms. The first kappa shape index (κ1) is 15.7. The molecule has 0 N–H and O–H groups in total. The summed E-state index contributed by atoms with van der Waals surface area (Å²) in [6.45, 7) is 6.11. The molecule has 0 saturated carbocycles. The van der Waals surface area contributed by atoms with Gasteiger partial charge in [0.15, 0.2) is 0 Å². The van der Waals surface area contributed by atoms with Gasteiger partial charge < -0.3 is 0 Å². The second-order valence-electron chi connectivity index (χ2n) is 4.98. The van der Waals surface area contributed by atoms with Crippen LogP contribution in [-0.4, -0.2) is 5.78 Å². The maximum Gasteiger partial charge on any atom is 0.132 e. The molecular formula is C15H30O. The summed E-state index contributed by atoms with van der Waals surface area (Å²) < 4.78 is 0. The van der Waals surface area contributed by atoms with Crippen molar-refractivity contribution in [3.8, 4) is 0 Å². The van der Waals surface area contributed by atoms with Crippen molar-refractivity contribution < 1.29 is 4.79 Å². The minimum Gasteiger partial charge on any atom is -0.300 e. The van der Waals surface area contributed by atoms with Crippen LogP contribution in [0.5, 0.6) is 0 Å². The van der Waals surface area contributed by atoms with Gasteiger partial charge in [0.05, 0.1) is 0 Å². The van der Waals surface area contributed by atoms with Gasteiger partial charge in [-0.25, -0.2) is 0 Å². The first-order valence-corrected chi connectivity index (χ1v) is 7.22. The van der Waals surface area contributed by atoms with Crippen LogP contribution < -0.4 is 0 Å². The fourth-order valence-electron chi connectivity index (χ4n) is 2.22. The van der Waals surface area contributed by atoms with E-state index in [1.807, 2.05) is 0 Å². The largest absolute Gasteiger partial charge is 0.300 e. The van der Waals surface area contributed by atoms with Gasteiger partial charge in [-0.05, 0) is 19.8 Å². The standard InChI is InChI=1S/C15H30O/c1-4-6-7-8-9-10-11-12-13-15(5-2)14(3)16/h15H,4-13H2,1-3H3. The fourth-order valence-corrected chi connectivity index (χ4v) is 2.22. The molecule has 0 aromatic rings. The quantitative estimate of drug-likeness (QED) is 0.446. The molecule has 0 aromatic carbocycles. The molecule has 0 aromatic heterocycles. The molecule has 0 radical (unpaired) electrons. The number of carbonyl (C=O) groups is 1. The molecule has 0 amide bonds. The Morgan fingerprint density at radius 2 is 1.38 bits per heavy atom. The van der Waals surface area contributed by atoms with Gasteiger partial charge in [0.25, 0.3) is 0 Å². The Morgan fingerprint density at radius 1 is 0.875 bits per heavy atom. The molecule has 0 aliphatic carbocycles. The van der Waals surface area contributed by atoms with E-state index in [1.165, 1.54) is 51.4 Å². The fraction of sp³-hybridized carbons (Fsp3) is 0.933. The van der Waals surface area contributed by atoms with Crippen molar-refractivity contribution in [3.63, 3.8) is 0 Å². The minimum absolute atomic E-state index is 0.333. The smallest absolute Gasteiger partial charge is 0.132 e. The molecule has 1 unspecified atom stereocenters. The van der Waals surface area contributed by atoms with Crippen molar-refractivity contribution in [1.82, 2.24) is 0 Å². The zero-order valence-electron chi connectivity index (χ0n) is 11.6. The van der Waals surface area contributed by atoms with Crippen LogP contribution in [0.2, 0.25) is 0 Å². The van der Waals surface area contributed by atoms with Crippen molar-refractivity contribution in [2.45, 2.75) is 85.0 Å². The van der Waals surface area contributed by atoms with Gasteiger partial charge in [0.2, 0.25) is 0 Å². The molecule has 16 heavy (non-hydrogen) atoms. The van der Waals surface area contributed by atoms with E-state index in [-0.39, 0.29) is 0 Å². The number of ketones is 1. The van der Waals surface area contributed by atoms with E-state index in [2.05, 4.69) is 13.8 Å². The van der Waals surface area contributed by atoms with E-state index in [0.717, 1.165) is 12.8 Å². The van der Waals surface area contributed by atoms with Gasteiger partial charge in [0.1, 0.15) is 5.78 Å². The van der Waals surface area contributed by atoms with Crippen LogP contribution in [0.3, 0.4) is 0 Å². The first-order chi connectivity index (χ1) is 7.72. The monoisotopic (exact) mass is 226 g/mol. The predicted molar refractivity (Wildman–Crippen MR) is 71.7 cm³/mol. The van der Waals surface area contributed by atoms with Gasteiger partial charge in [-0.2, -0.15) is 0 Å². The van der Waals surface area contributed by atoms with Crippen LogP contribution >= 0.6 is 0 Å². The summed E-state index contributed by atoms with van der Waals surface area (Å²) in [5, 5.41) is 0. The molecule has 0 saturated heterocycles. The van der Waals surface area contributed by atoms with E-state index in [9.17, 15) is 4.79 Å². The number of hydrogen-bond donors (Lipinski definition) is 0. The SMILES string of the molecule is CCCCCCCCCCC(CC)C(C)=O. The van der Waals surface area contributed by atoms with Gasteiger partial charge in [-0.1, -0.05) is 65.2 Å². The maximum absolute atomic E-state index is 11.2. The van der Waals surface area contributed by atoms with Gasteiger partial charge in [-0.3, -0.25) is 4.79 Å². The number of rotatable bonds is 11. The number of unbranched alkanes of at least 4 members (excludes halogenated alkanes) is 7. The molecule has 0 fully saturated rings. The van der Waals surface area contributed by atoms with Crippen LogP contribution in [0.1, 0.15) is 85.0 Å². The van der Waals surface area contributed by atoms with Crippen LogP contribution in [-0.2, 0) is 4.79 Å². The highest BCUT2D eigenvalue weighted by Crippen LogP contribution is 2.16. The predicted octanol–water partition coefficient (Wildman–Crippen LogP) is 5.13. The highest BCUT2D eigenvalue weighted by Gasteiger charge is 2.10. The zero-order chi connectivity index (χ0) is 12.2. The lowest BCUT2D eigenvalue weighted by Gasteiger charge is -2.10. The van der Waals surface area contributed by atoms with E-state index in [1.54, 1.807) is 6.92 Å². The van der Waals surface area contributed by atoms with Gasteiger partial charge in [-0.15, -0.1) is 0 Å². The maximum atomic E-state index is 11.2. The molecular weight excluding hydrogens is 196 g/mol. The molecule has 96 valence electrons. The molecule has 1 heteroatoms. The average Bonchev–Trinajstić information content (AvgIpc) is 2.26. The average molecular weight is 226 g/mol. The summed E-state index contributed by atoms with van der Waals surface area (Å²) in [5.41, 5.74) is 0. The van der Waals surface area contributed by atoms with Gasteiger partial charge in [0, 0.05) is 5.92 Å². The summed E-state index contributed by atoms with van der Waals surface area (Å²) in [7, 11) is 0. The first-order valence-electron chi connectivity index (χ1n) is 7.22. The van der Waals surface area contributed by atoms with Crippen molar-refractivity contribution in [2.75, 3.05) is 0 Å². The summed E-state index contributed by atoms with van der Waals surface area (Å²) in [6, 6.07) is 0. The lowest BCUT2D eigenvalue weighted by Crippen LogP contribution is -2.09. The molecule has 1 nitrogen and oxygen atoms in total. The minimum atomic E-state index is 0.333. The normalized spacial score (nSPS) is 12.7. The van der Waals surface area contributed by atoms with Crippen molar-refractivity contribution in [3.05, 3.63) is 0 Å². The third kappa shape index (κ3) is 8.94. The third-order valence-electron chi connectivity index (χ3n) is 3.47. The van der Waals surface area contributed by atoms with E-state index < -0.39 is 0 Å². The molecule has 1 atom stereocenters. The Balaban J connectivity index is 3.22. The number of carbonyl (C=O) groups excluding carboxylic acids is 1. The molecule has 0 aliphatic rings. The van der Waals surface area contributed by atoms with E-state index >= 15 is 0 Å². The van der Waals surface area contributed by atoms with Crippen molar-refractivity contribution in [1.29, 1.82) is 0 Å². The Morgan fingerprint density at radius 3 is 1.81 bits per heavy atom. The lowest BCUT2D eigenvalue weighted by molar-refractivity contribution is -0.121. The summed E-state index contributed by atoms with van der Waals surface area (Å²) >= 11 is 0. The second-order valence-corrected chi connectivity index (χ2v) is 4.98. The van der Waals surface area contributed by atoms with Crippen molar-refractivity contribution in [2.24, 2.45) is 5.92 Å². The van der Waals surface area contributed by atoms with Crippen LogP contribution in [0.25, 0.3) is 0 Å². The highest BCUT2D eigenvalue weighted by molar-refractivity contribution is 5.78. The van der Waals surface area contributed by atoms with E-state index in [0.29, 0.717) is 11.7 Å². The van der Waals surface area contributed by atoms with E-state index in [4.69, 9.17) is 0 Å². The molecule has 0 aliphatic heterocycles. The molecule has 0 heterocycles.